The molecular weight excluding hydrogens is 326 g/mol. The molecule has 7 heteroatoms. The fourth-order valence-corrected chi connectivity index (χ4v) is 3.84. The first-order valence-electron chi connectivity index (χ1n) is 8.19. The Bertz CT molecular complexity index is 717. The first kappa shape index (κ1) is 17.1. The maximum atomic E-state index is 11.0. The highest BCUT2D eigenvalue weighted by molar-refractivity contribution is 7.09. The van der Waals surface area contributed by atoms with Crippen LogP contribution in [0.25, 0.3) is 0 Å². The van der Waals surface area contributed by atoms with Crippen LogP contribution in [0.1, 0.15) is 66.7 Å². The first-order valence-corrected chi connectivity index (χ1v) is 9.07. The van der Waals surface area contributed by atoms with Crippen molar-refractivity contribution in [3.63, 3.8) is 0 Å². The van der Waals surface area contributed by atoms with Crippen molar-refractivity contribution in [3.8, 4) is 0 Å². The minimum Gasteiger partial charge on any atom is -0.476 e. The molecular formula is C17H23N3O3S. The molecule has 3 rings (SSSR count). The zero-order chi connectivity index (χ0) is 17.3. The molecule has 24 heavy (non-hydrogen) atoms. The van der Waals surface area contributed by atoms with Crippen molar-refractivity contribution in [2.75, 3.05) is 13.1 Å². The molecule has 0 aliphatic carbocycles. The van der Waals surface area contributed by atoms with E-state index in [9.17, 15) is 4.79 Å². The second kappa shape index (κ2) is 6.64. The zero-order valence-electron chi connectivity index (χ0n) is 14.3. The molecule has 1 fully saturated rings. The number of oxazole rings is 1. The van der Waals surface area contributed by atoms with Gasteiger partial charge in [-0.2, -0.15) is 0 Å². The Hall–Kier alpha value is -1.73. The number of hydrogen-bond acceptors (Lipinski definition) is 6. The van der Waals surface area contributed by atoms with Gasteiger partial charge in [-0.1, -0.05) is 20.8 Å². The van der Waals surface area contributed by atoms with Crippen LogP contribution < -0.4 is 0 Å². The van der Waals surface area contributed by atoms with Crippen LogP contribution in [0.4, 0.5) is 0 Å². The standard InChI is InChI=1S/C17H23N3O3S/c1-17(2,3)16-18-7-12(23-16)9-20-6-4-5-11(8-20)14-19-13(10-24-14)15(21)22/h7,10-11H,4-6,8-9H2,1-3H3,(H,21,22). The topological polar surface area (TPSA) is 79.5 Å². The van der Waals surface area contributed by atoms with Crippen molar-refractivity contribution in [3.05, 3.63) is 33.9 Å². The molecule has 1 saturated heterocycles. The number of likely N-dealkylation sites (tertiary alicyclic amines) is 1. The maximum absolute atomic E-state index is 11.0. The fraction of sp³-hybridized carbons (Fsp3) is 0.588. The van der Waals surface area contributed by atoms with Crippen LogP contribution in [0, 0.1) is 0 Å². The van der Waals surface area contributed by atoms with Gasteiger partial charge in [0.2, 0.25) is 0 Å². The van der Waals surface area contributed by atoms with E-state index in [-0.39, 0.29) is 11.1 Å². The van der Waals surface area contributed by atoms with Gasteiger partial charge in [-0.25, -0.2) is 14.8 Å². The van der Waals surface area contributed by atoms with Crippen molar-refractivity contribution in [1.29, 1.82) is 0 Å². The lowest BCUT2D eigenvalue weighted by molar-refractivity contribution is 0.0691. The zero-order valence-corrected chi connectivity index (χ0v) is 15.1. The monoisotopic (exact) mass is 349 g/mol. The normalized spacial score (nSPS) is 19.5. The summed E-state index contributed by atoms with van der Waals surface area (Å²) >= 11 is 1.45. The number of hydrogen-bond donors (Lipinski definition) is 1. The third kappa shape index (κ3) is 3.84. The predicted molar refractivity (Wildman–Crippen MR) is 91.5 cm³/mol. The Morgan fingerprint density at radius 3 is 2.92 bits per heavy atom. The molecule has 2 aromatic heterocycles. The van der Waals surface area contributed by atoms with Gasteiger partial charge < -0.3 is 9.52 Å². The lowest BCUT2D eigenvalue weighted by Crippen LogP contribution is -2.33. The van der Waals surface area contributed by atoms with Gasteiger partial charge in [-0.3, -0.25) is 4.90 Å². The summed E-state index contributed by atoms with van der Waals surface area (Å²) < 4.78 is 5.88. The number of rotatable bonds is 4. The second-order valence-electron chi connectivity index (χ2n) is 7.33. The Kier molecular flexibility index (Phi) is 4.73. The smallest absolute Gasteiger partial charge is 0.355 e. The van der Waals surface area contributed by atoms with Gasteiger partial charge in [-0.05, 0) is 19.4 Å². The summed E-state index contributed by atoms with van der Waals surface area (Å²) in [6.45, 7) is 8.88. The third-order valence-electron chi connectivity index (χ3n) is 4.17. The molecule has 6 nitrogen and oxygen atoms in total. The van der Waals surface area contributed by atoms with E-state index in [1.165, 1.54) is 11.3 Å². The van der Waals surface area contributed by atoms with E-state index in [1.54, 1.807) is 5.38 Å². The number of piperidine rings is 1. The fourth-order valence-electron chi connectivity index (χ4n) is 2.92. The number of nitrogens with zero attached hydrogens (tertiary/aromatic N) is 3. The molecule has 1 aliphatic heterocycles. The molecule has 1 unspecified atom stereocenters. The largest absolute Gasteiger partial charge is 0.476 e. The summed E-state index contributed by atoms with van der Waals surface area (Å²) in [5.41, 5.74) is 0.0637. The number of carbonyl (C=O) groups is 1. The van der Waals surface area contributed by atoms with E-state index < -0.39 is 5.97 Å². The quantitative estimate of drug-likeness (QED) is 0.910. The van der Waals surface area contributed by atoms with Crippen LogP contribution in [-0.2, 0) is 12.0 Å². The van der Waals surface area contributed by atoms with E-state index in [0.29, 0.717) is 5.92 Å². The summed E-state index contributed by atoms with van der Waals surface area (Å²) in [4.78, 5) is 22.0. The SMILES string of the molecule is CC(C)(C)c1ncc(CN2CCCC(c3nc(C(=O)O)cs3)C2)o1. The minimum atomic E-state index is -0.957. The van der Waals surface area contributed by atoms with E-state index in [0.717, 1.165) is 49.1 Å². The second-order valence-corrected chi connectivity index (χ2v) is 8.22. The summed E-state index contributed by atoms with van der Waals surface area (Å²) in [6.07, 6.45) is 3.94. The van der Waals surface area contributed by atoms with Crippen molar-refractivity contribution in [1.82, 2.24) is 14.9 Å². The molecule has 130 valence electrons. The molecule has 3 heterocycles. The summed E-state index contributed by atoms with van der Waals surface area (Å²) in [6, 6.07) is 0. The molecule has 0 amide bonds. The van der Waals surface area contributed by atoms with Crippen LogP contribution in [0.5, 0.6) is 0 Å². The molecule has 1 aliphatic rings. The average molecular weight is 349 g/mol. The number of aromatic nitrogens is 2. The van der Waals surface area contributed by atoms with Gasteiger partial charge >= 0.3 is 5.97 Å². The molecule has 2 aromatic rings. The highest BCUT2D eigenvalue weighted by Gasteiger charge is 2.26. The van der Waals surface area contributed by atoms with E-state index >= 15 is 0 Å². The van der Waals surface area contributed by atoms with Gasteiger partial charge in [-0.15, -0.1) is 11.3 Å². The molecule has 0 saturated carbocycles. The van der Waals surface area contributed by atoms with Crippen LogP contribution in [0.2, 0.25) is 0 Å². The van der Waals surface area contributed by atoms with Crippen molar-refractivity contribution in [2.45, 2.75) is 51.5 Å². The van der Waals surface area contributed by atoms with Crippen LogP contribution in [0.3, 0.4) is 0 Å². The number of carboxylic acids is 1. The number of aromatic carboxylic acids is 1. The van der Waals surface area contributed by atoms with E-state index in [1.807, 2.05) is 6.20 Å². The van der Waals surface area contributed by atoms with Gasteiger partial charge in [0.25, 0.3) is 0 Å². The van der Waals surface area contributed by atoms with Gasteiger partial charge in [0.15, 0.2) is 11.6 Å². The lowest BCUT2D eigenvalue weighted by atomic mass is 9.97. The molecule has 0 radical (unpaired) electrons. The van der Waals surface area contributed by atoms with Crippen molar-refractivity contribution in [2.24, 2.45) is 0 Å². The minimum absolute atomic E-state index is 0.0865. The molecule has 1 atom stereocenters. The van der Waals surface area contributed by atoms with Crippen molar-refractivity contribution < 1.29 is 14.3 Å². The molecule has 0 aromatic carbocycles. The Morgan fingerprint density at radius 2 is 2.29 bits per heavy atom. The Labute approximate surface area is 145 Å². The number of thiazole rings is 1. The molecule has 0 spiro atoms. The highest BCUT2D eigenvalue weighted by Crippen LogP contribution is 2.30. The molecule has 0 bridgehead atoms. The van der Waals surface area contributed by atoms with Crippen LogP contribution in [0.15, 0.2) is 16.0 Å². The van der Waals surface area contributed by atoms with Gasteiger partial charge in [0.05, 0.1) is 17.7 Å². The average Bonchev–Trinajstić information content (AvgIpc) is 3.16. The van der Waals surface area contributed by atoms with Crippen molar-refractivity contribution >= 4 is 17.3 Å². The van der Waals surface area contributed by atoms with E-state index in [4.69, 9.17) is 9.52 Å². The summed E-state index contributed by atoms with van der Waals surface area (Å²) in [5, 5.41) is 11.6. The lowest BCUT2D eigenvalue weighted by Gasteiger charge is -2.30. The first-order chi connectivity index (χ1) is 11.3. The van der Waals surface area contributed by atoms with Gasteiger partial charge in [0.1, 0.15) is 5.76 Å². The van der Waals surface area contributed by atoms with E-state index in [2.05, 4.69) is 35.6 Å². The van der Waals surface area contributed by atoms with Crippen LogP contribution in [-0.4, -0.2) is 39.0 Å². The Balaban J connectivity index is 1.65. The summed E-state index contributed by atoms with van der Waals surface area (Å²) in [5.74, 6) is 0.978. The van der Waals surface area contributed by atoms with Crippen LogP contribution >= 0.6 is 11.3 Å². The molecule has 1 N–H and O–H groups in total. The Morgan fingerprint density at radius 1 is 1.50 bits per heavy atom. The predicted octanol–water partition coefficient (Wildman–Crippen LogP) is 3.51. The highest BCUT2D eigenvalue weighted by atomic mass is 32.1. The maximum Gasteiger partial charge on any atom is 0.355 e. The third-order valence-corrected chi connectivity index (χ3v) is 5.18. The number of carboxylic acid groups (broad SMARTS) is 1. The summed E-state index contributed by atoms with van der Waals surface area (Å²) in [7, 11) is 0. The van der Waals surface area contributed by atoms with Gasteiger partial charge in [0, 0.05) is 23.3 Å².